The Bertz CT molecular complexity index is 629. The van der Waals surface area contributed by atoms with Crippen molar-refractivity contribution < 1.29 is 0 Å². The van der Waals surface area contributed by atoms with E-state index in [1.165, 1.54) is 0 Å². The fourth-order valence-electron chi connectivity index (χ4n) is 1.62. The zero-order valence-electron chi connectivity index (χ0n) is 8.41. The Hall–Kier alpha value is -2.43. The van der Waals surface area contributed by atoms with Crippen molar-refractivity contribution in [3.8, 4) is 11.4 Å². The van der Waals surface area contributed by atoms with Gasteiger partial charge in [-0.1, -0.05) is 6.07 Å². The van der Waals surface area contributed by atoms with E-state index in [4.69, 9.17) is 5.73 Å². The van der Waals surface area contributed by atoms with Gasteiger partial charge in [0.2, 0.25) is 0 Å². The molecule has 2 N–H and O–H groups in total. The van der Waals surface area contributed by atoms with Gasteiger partial charge in [0.25, 0.3) is 0 Å². The SMILES string of the molecule is Nc1c(-c2ccccn2)nc2cnccn12. The van der Waals surface area contributed by atoms with Crippen molar-refractivity contribution in [2.75, 3.05) is 5.73 Å². The molecule has 0 aliphatic heterocycles. The molecule has 3 rings (SSSR count). The molecule has 0 bridgehead atoms. The summed E-state index contributed by atoms with van der Waals surface area (Å²) in [5, 5.41) is 0. The van der Waals surface area contributed by atoms with Gasteiger partial charge in [-0.05, 0) is 12.1 Å². The lowest BCUT2D eigenvalue weighted by Gasteiger charge is -1.97. The first-order chi connectivity index (χ1) is 7.86. The number of hydrogen-bond acceptors (Lipinski definition) is 4. The molecule has 0 aromatic carbocycles. The Morgan fingerprint density at radius 1 is 1.19 bits per heavy atom. The zero-order valence-corrected chi connectivity index (χ0v) is 8.41. The fourth-order valence-corrected chi connectivity index (χ4v) is 1.62. The highest BCUT2D eigenvalue weighted by atomic mass is 15.1. The highest BCUT2D eigenvalue weighted by molar-refractivity contribution is 5.71. The molecule has 0 unspecified atom stereocenters. The van der Waals surface area contributed by atoms with Crippen LogP contribution in [0.25, 0.3) is 17.0 Å². The zero-order chi connectivity index (χ0) is 11.0. The van der Waals surface area contributed by atoms with Gasteiger partial charge in [-0.2, -0.15) is 0 Å². The maximum atomic E-state index is 6.00. The van der Waals surface area contributed by atoms with Crippen LogP contribution in [0.15, 0.2) is 43.0 Å². The topological polar surface area (TPSA) is 69.1 Å². The lowest BCUT2D eigenvalue weighted by molar-refractivity contribution is 1.13. The normalized spacial score (nSPS) is 10.8. The van der Waals surface area contributed by atoms with E-state index in [1.54, 1.807) is 29.2 Å². The third kappa shape index (κ3) is 1.22. The third-order valence-corrected chi connectivity index (χ3v) is 2.37. The lowest BCUT2D eigenvalue weighted by Crippen LogP contribution is -1.94. The summed E-state index contributed by atoms with van der Waals surface area (Å²) in [6, 6.07) is 5.65. The van der Waals surface area contributed by atoms with Crippen LogP contribution < -0.4 is 5.73 Å². The molecule has 0 saturated carbocycles. The Morgan fingerprint density at radius 2 is 2.12 bits per heavy atom. The van der Waals surface area contributed by atoms with Crippen molar-refractivity contribution in [3.05, 3.63) is 43.0 Å². The van der Waals surface area contributed by atoms with Gasteiger partial charge in [0, 0.05) is 18.6 Å². The predicted molar refractivity (Wildman–Crippen MR) is 60.6 cm³/mol. The van der Waals surface area contributed by atoms with Crippen molar-refractivity contribution >= 4 is 11.5 Å². The highest BCUT2D eigenvalue weighted by Crippen LogP contribution is 2.23. The van der Waals surface area contributed by atoms with E-state index < -0.39 is 0 Å². The molecular weight excluding hydrogens is 202 g/mol. The molecule has 0 aliphatic rings. The number of nitrogen functional groups attached to an aromatic ring is 1. The third-order valence-electron chi connectivity index (χ3n) is 2.37. The summed E-state index contributed by atoms with van der Waals surface area (Å²) >= 11 is 0. The summed E-state index contributed by atoms with van der Waals surface area (Å²) in [4.78, 5) is 12.6. The van der Waals surface area contributed by atoms with Gasteiger partial charge in [0.1, 0.15) is 11.5 Å². The van der Waals surface area contributed by atoms with Crippen LogP contribution in [0.2, 0.25) is 0 Å². The van der Waals surface area contributed by atoms with E-state index in [1.807, 2.05) is 18.2 Å². The van der Waals surface area contributed by atoms with Gasteiger partial charge in [0.15, 0.2) is 5.65 Å². The molecule has 5 nitrogen and oxygen atoms in total. The number of aromatic nitrogens is 4. The number of hydrogen-bond donors (Lipinski definition) is 1. The molecule has 3 aromatic heterocycles. The van der Waals surface area contributed by atoms with Crippen LogP contribution in [0.5, 0.6) is 0 Å². The molecule has 0 amide bonds. The van der Waals surface area contributed by atoms with Crippen molar-refractivity contribution in [1.29, 1.82) is 0 Å². The molecule has 0 aliphatic carbocycles. The van der Waals surface area contributed by atoms with E-state index in [9.17, 15) is 0 Å². The summed E-state index contributed by atoms with van der Waals surface area (Å²) < 4.78 is 1.79. The smallest absolute Gasteiger partial charge is 0.157 e. The molecule has 0 spiro atoms. The largest absolute Gasteiger partial charge is 0.383 e. The van der Waals surface area contributed by atoms with Gasteiger partial charge in [-0.25, -0.2) is 4.98 Å². The van der Waals surface area contributed by atoms with Crippen molar-refractivity contribution in [2.24, 2.45) is 0 Å². The molecular formula is C11H9N5. The Balaban J connectivity index is 2.29. The van der Waals surface area contributed by atoms with Crippen LogP contribution in [0.3, 0.4) is 0 Å². The summed E-state index contributed by atoms with van der Waals surface area (Å²) in [7, 11) is 0. The minimum atomic E-state index is 0.580. The van der Waals surface area contributed by atoms with Gasteiger partial charge >= 0.3 is 0 Å². The number of anilines is 1. The maximum Gasteiger partial charge on any atom is 0.157 e. The first-order valence-corrected chi connectivity index (χ1v) is 4.85. The second-order valence-corrected chi connectivity index (χ2v) is 3.37. The van der Waals surface area contributed by atoms with Crippen LogP contribution in [0, 0.1) is 0 Å². The Morgan fingerprint density at radius 3 is 2.88 bits per heavy atom. The van der Waals surface area contributed by atoms with E-state index in [0.29, 0.717) is 11.5 Å². The second-order valence-electron chi connectivity index (χ2n) is 3.37. The quantitative estimate of drug-likeness (QED) is 0.660. The molecule has 78 valence electrons. The number of imidazole rings is 1. The van der Waals surface area contributed by atoms with Crippen LogP contribution in [-0.2, 0) is 0 Å². The Labute approximate surface area is 91.6 Å². The van der Waals surface area contributed by atoms with Crippen LogP contribution >= 0.6 is 0 Å². The molecule has 0 saturated heterocycles. The minimum Gasteiger partial charge on any atom is -0.383 e. The number of fused-ring (bicyclic) bond motifs is 1. The predicted octanol–water partition coefficient (Wildman–Crippen LogP) is 1.37. The summed E-state index contributed by atoms with van der Waals surface area (Å²) in [6.07, 6.45) is 6.84. The summed E-state index contributed by atoms with van der Waals surface area (Å²) in [6.45, 7) is 0. The monoisotopic (exact) mass is 211 g/mol. The highest BCUT2D eigenvalue weighted by Gasteiger charge is 2.11. The standard InChI is InChI=1S/C11H9N5/c12-11-10(8-3-1-2-4-14-8)15-9-7-13-5-6-16(9)11/h1-7H,12H2. The van der Waals surface area contributed by atoms with Crippen molar-refractivity contribution in [2.45, 2.75) is 0 Å². The number of rotatable bonds is 1. The van der Waals surface area contributed by atoms with Crippen LogP contribution in [-0.4, -0.2) is 19.4 Å². The van der Waals surface area contributed by atoms with Crippen molar-refractivity contribution in [1.82, 2.24) is 19.4 Å². The first-order valence-electron chi connectivity index (χ1n) is 4.85. The fraction of sp³-hybridized carbons (Fsp3) is 0. The van der Waals surface area contributed by atoms with Gasteiger partial charge < -0.3 is 5.73 Å². The lowest BCUT2D eigenvalue weighted by atomic mass is 10.3. The number of pyridine rings is 1. The molecule has 3 heterocycles. The Kier molecular flexibility index (Phi) is 1.83. The summed E-state index contributed by atoms with van der Waals surface area (Å²) in [5.41, 5.74) is 8.18. The molecule has 3 aromatic rings. The molecule has 0 radical (unpaired) electrons. The van der Waals surface area contributed by atoms with E-state index in [0.717, 1.165) is 11.3 Å². The van der Waals surface area contributed by atoms with Crippen LogP contribution in [0.1, 0.15) is 0 Å². The second kappa shape index (κ2) is 3.30. The average Bonchev–Trinajstić information content (AvgIpc) is 2.69. The number of nitrogens with zero attached hydrogens (tertiary/aromatic N) is 4. The summed E-state index contributed by atoms with van der Waals surface area (Å²) in [5.74, 6) is 0.580. The number of nitrogens with two attached hydrogens (primary N) is 1. The van der Waals surface area contributed by atoms with E-state index >= 15 is 0 Å². The maximum absolute atomic E-state index is 6.00. The van der Waals surface area contributed by atoms with Gasteiger partial charge in [-0.15, -0.1) is 0 Å². The average molecular weight is 211 g/mol. The van der Waals surface area contributed by atoms with E-state index in [2.05, 4.69) is 15.0 Å². The minimum absolute atomic E-state index is 0.580. The van der Waals surface area contributed by atoms with E-state index in [-0.39, 0.29) is 0 Å². The van der Waals surface area contributed by atoms with Crippen molar-refractivity contribution in [3.63, 3.8) is 0 Å². The molecule has 16 heavy (non-hydrogen) atoms. The molecule has 5 heteroatoms. The van der Waals surface area contributed by atoms with Gasteiger partial charge in [-0.3, -0.25) is 14.4 Å². The molecule has 0 fully saturated rings. The first kappa shape index (κ1) is 8.84. The van der Waals surface area contributed by atoms with Crippen LogP contribution in [0.4, 0.5) is 5.82 Å². The molecule has 0 atom stereocenters. The van der Waals surface area contributed by atoms with Gasteiger partial charge in [0.05, 0.1) is 11.9 Å².